The van der Waals surface area contributed by atoms with E-state index in [1.807, 2.05) is 43.0 Å². The maximum atomic E-state index is 12.3. The van der Waals surface area contributed by atoms with E-state index in [0.717, 1.165) is 19.6 Å². The molecular weight excluding hydrogens is 555 g/mol. The molecule has 1 aliphatic heterocycles. The molecule has 1 aliphatic rings. The normalized spacial score (nSPS) is 13.8. The zero-order chi connectivity index (χ0) is 17.7. The van der Waals surface area contributed by atoms with Crippen LogP contribution in [0.5, 0.6) is 0 Å². The zero-order valence-electron chi connectivity index (χ0n) is 13.5. The monoisotopic (exact) mass is 573 g/mol. The minimum atomic E-state index is -3.26. The number of rotatable bonds is 2. The van der Waals surface area contributed by atoms with Crippen LogP contribution in [-0.4, -0.2) is 54.0 Å². The molecular formula is C17H18BiNO2S3. The van der Waals surface area contributed by atoms with E-state index in [1.54, 1.807) is 24.3 Å². The van der Waals surface area contributed by atoms with Crippen molar-refractivity contribution in [1.29, 1.82) is 0 Å². The predicted octanol–water partition coefficient (Wildman–Crippen LogP) is 1.65. The van der Waals surface area contributed by atoms with Gasteiger partial charge in [0.15, 0.2) is 0 Å². The average Bonchev–Trinajstić information content (AvgIpc) is 2.56. The van der Waals surface area contributed by atoms with E-state index in [1.165, 1.54) is 0 Å². The zero-order valence-corrected chi connectivity index (χ0v) is 19.4. The van der Waals surface area contributed by atoms with Gasteiger partial charge in [-0.05, 0) is 13.8 Å². The summed E-state index contributed by atoms with van der Waals surface area (Å²) in [6.45, 7) is 5.95. The van der Waals surface area contributed by atoms with Crippen LogP contribution in [0.15, 0.2) is 58.3 Å². The first kappa shape index (κ1) is 19.7. The molecule has 0 saturated carbocycles. The third kappa shape index (κ3) is 4.31. The van der Waals surface area contributed by atoms with Crippen molar-refractivity contribution in [2.75, 3.05) is 13.1 Å². The fourth-order valence-corrected chi connectivity index (χ4v) is 11.5. The molecule has 0 atom stereocenters. The third-order valence-electron chi connectivity index (χ3n) is 3.57. The van der Waals surface area contributed by atoms with Crippen molar-refractivity contribution in [2.24, 2.45) is 0 Å². The molecule has 0 aliphatic carbocycles. The molecule has 24 heavy (non-hydrogen) atoms. The molecule has 1 heterocycles. The van der Waals surface area contributed by atoms with Gasteiger partial charge in [-0.25, -0.2) is 0 Å². The molecule has 0 N–H and O–H groups in total. The Bertz CT molecular complexity index is 782. The van der Waals surface area contributed by atoms with Crippen LogP contribution in [0.3, 0.4) is 0 Å². The molecule has 0 spiro atoms. The molecule has 3 nitrogen and oxygen atoms in total. The molecule has 3 rings (SSSR count). The second-order valence-corrected chi connectivity index (χ2v) is 12.5. The van der Waals surface area contributed by atoms with E-state index in [9.17, 15) is 8.42 Å². The number of nitrogens with zero attached hydrogens (tertiary/aromatic N) is 1. The molecule has 126 valence electrons. The topological polar surface area (TPSA) is 37.4 Å². The molecule has 0 amide bonds. The van der Waals surface area contributed by atoms with Gasteiger partial charge in [-0.3, -0.25) is 0 Å². The van der Waals surface area contributed by atoms with Gasteiger partial charge in [0.1, 0.15) is 0 Å². The van der Waals surface area contributed by atoms with Crippen molar-refractivity contribution in [3.63, 3.8) is 0 Å². The van der Waals surface area contributed by atoms with Gasteiger partial charge in [-0.15, -0.1) is 0 Å². The molecule has 2 aromatic rings. The van der Waals surface area contributed by atoms with Crippen molar-refractivity contribution >= 4 is 68.8 Å². The van der Waals surface area contributed by atoms with Crippen LogP contribution in [0, 0.1) is 0 Å². The van der Waals surface area contributed by atoms with E-state index >= 15 is 0 Å². The van der Waals surface area contributed by atoms with Crippen molar-refractivity contribution in [2.45, 2.75) is 23.6 Å². The molecule has 2 aromatic carbocycles. The van der Waals surface area contributed by atoms with Crippen LogP contribution in [0.25, 0.3) is 0 Å². The van der Waals surface area contributed by atoms with Crippen molar-refractivity contribution in [1.82, 2.24) is 4.90 Å². The SMILES string of the molecule is CCN(CC)C(=S)[S-].O=S1(=O)c2cccc[c]2[Bi+][c]2ccccc21. The molecule has 0 aromatic heterocycles. The van der Waals surface area contributed by atoms with E-state index in [0.29, 0.717) is 14.1 Å². The van der Waals surface area contributed by atoms with Crippen LogP contribution in [0.2, 0.25) is 0 Å². The van der Waals surface area contributed by atoms with Crippen molar-refractivity contribution < 1.29 is 8.42 Å². The molecule has 0 fully saturated rings. The summed E-state index contributed by atoms with van der Waals surface area (Å²) in [5.74, 6) is 0. The summed E-state index contributed by atoms with van der Waals surface area (Å²) in [7, 11) is -3.26. The summed E-state index contributed by atoms with van der Waals surface area (Å²) in [6.07, 6.45) is 0. The fourth-order valence-electron chi connectivity index (χ4n) is 2.28. The van der Waals surface area contributed by atoms with Crippen LogP contribution in [0.1, 0.15) is 13.8 Å². The Labute approximate surface area is 166 Å². The Balaban J connectivity index is 0.000000224. The molecule has 0 unspecified atom stereocenters. The van der Waals surface area contributed by atoms with E-state index in [-0.39, 0.29) is 0 Å². The third-order valence-corrected chi connectivity index (χ3v) is 12.1. The van der Waals surface area contributed by atoms with Crippen molar-refractivity contribution in [3.8, 4) is 0 Å². The summed E-state index contributed by atoms with van der Waals surface area (Å²) in [4.78, 5) is 3.03. The number of benzene rings is 2. The van der Waals surface area contributed by atoms with Gasteiger partial charge in [-0.1, -0.05) is 4.32 Å². The number of thiocarbonyl (C=S) groups is 1. The Morgan fingerprint density at radius 3 is 1.75 bits per heavy atom. The number of sulfone groups is 1. The Hall–Kier alpha value is -0.617. The van der Waals surface area contributed by atoms with Gasteiger partial charge in [0.2, 0.25) is 0 Å². The van der Waals surface area contributed by atoms with Crippen LogP contribution in [-0.2, 0) is 22.5 Å². The first-order valence-corrected chi connectivity index (χ1v) is 13.3. The second-order valence-electron chi connectivity index (χ2n) is 4.99. The average molecular weight is 574 g/mol. The van der Waals surface area contributed by atoms with Crippen molar-refractivity contribution in [3.05, 3.63) is 48.5 Å². The minimum absolute atomic E-state index is 0.533. The summed E-state index contributed by atoms with van der Waals surface area (Å²) in [5.41, 5.74) is 0. The summed E-state index contributed by atoms with van der Waals surface area (Å²) >= 11 is 8.47. The second kappa shape index (κ2) is 8.66. The Kier molecular flexibility index (Phi) is 7.11. The first-order valence-electron chi connectivity index (χ1n) is 7.52. The van der Waals surface area contributed by atoms with Gasteiger partial charge >= 0.3 is 106 Å². The molecule has 2 radical (unpaired) electrons. The van der Waals surface area contributed by atoms with Gasteiger partial charge in [-0.2, -0.15) is 0 Å². The van der Waals surface area contributed by atoms with E-state index < -0.39 is 33.1 Å². The number of hydrogen-bond acceptors (Lipinski definition) is 4. The van der Waals surface area contributed by atoms with E-state index in [4.69, 9.17) is 24.8 Å². The van der Waals surface area contributed by atoms with E-state index in [2.05, 4.69) is 0 Å². The summed E-state index contributed by atoms with van der Waals surface area (Å²) in [6, 6.07) is 14.8. The quantitative estimate of drug-likeness (QED) is 0.265. The molecule has 0 bridgehead atoms. The fraction of sp³-hybridized carbons (Fsp3) is 0.235. The Morgan fingerprint density at radius 1 is 1.00 bits per heavy atom. The molecule has 7 heteroatoms. The van der Waals surface area contributed by atoms with Crippen LogP contribution >= 0.6 is 12.2 Å². The van der Waals surface area contributed by atoms with Gasteiger partial charge < -0.3 is 29.7 Å². The van der Waals surface area contributed by atoms with Gasteiger partial charge in [0.25, 0.3) is 0 Å². The summed E-state index contributed by atoms with van der Waals surface area (Å²) in [5, 5.41) is 0. The molecule has 0 saturated heterocycles. The van der Waals surface area contributed by atoms with Crippen LogP contribution in [0.4, 0.5) is 0 Å². The van der Waals surface area contributed by atoms with Gasteiger partial charge in [0.05, 0.1) is 0 Å². The first-order chi connectivity index (χ1) is 11.4. The Morgan fingerprint density at radius 2 is 1.42 bits per heavy atom. The predicted molar refractivity (Wildman–Crippen MR) is 106 cm³/mol. The standard InChI is InChI=1S/C12H8O2S.C5H11NS2.Bi/c13-15(14,11-7-3-1-4-8-11)12-9-5-2-6-10-12;1-3-6(4-2)5(7)8;/h1-7,9H;3-4H2,1-2H3,(H,7,8);/q;;+1/p-1. The number of fused-ring (bicyclic) bond motifs is 2. The van der Waals surface area contributed by atoms with Crippen LogP contribution < -0.4 is 6.54 Å². The number of hydrogen-bond donors (Lipinski definition) is 0. The van der Waals surface area contributed by atoms with Gasteiger partial charge in [0, 0.05) is 13.1 Å². The maximum absolute atomic E-state index is 12.3. The summed E-state index contributed by atoms with van der Waals surface area (Å²) < 4.78 is 27.4.